The molecule has 0 spiro atoms. The van der Waals surface area contributed by atoms with Gasteiger partial charge in [-0.15, -0.1) is 11.3 Å². The van der Waals surface area contributed by atoms with E-state index in [2.05, 4.69) is 15.0 Å². The van der Waals surface area contributed by atoms with Crippen LogP contribution in [-0.2, 0) is 6.54 Å². The molecule has 0 radical (unpaired) electrons. The van der Waals surface area contributed by atoms with Crippen molar-refractivity contribution in [1.29, 1.82) is 0 Å². The van der Waals surface area contributed by atoms with E-state index in [1.807, 2.05) is 0 Å². The molecule has 0 aliphatic heterocycles. The van der Waals surface area contributed by atoms with Crippen molar-refractivity contribution in [3.8, 4) is 5.75 Å². The van der Waals surface area contributed by atoms with Gasteiger partial charge in [-0.25, -0.2) is 4.98 Å². The summed E-state index contributed by atoms with van der Waals surface area (Å²) in [5.74, 6) is -0.354. The lowest BCUT2D eigenvalue weighted by Crippen LogP contribution is -2.33. The fraction of sp³-hybridized carbons (Fsp3) is 0.250. The van der Waals surface area contributed by atoms with E-state index in [1.54, 1.807) is 12.3 Å². The first-order chi connectivity index (χ1) is 9.87. The number of ether oxygens (including phenoxy) is 1. The Balaban J connectivity index is 2.00. The summed E-state index contributed by atoms with van der Waals surface area (Å²) in [6.45, 7) is 0.374. The molecule has 2 rings (SSSR count). The summed E-state index contributed by atoms with van der Waals surface area (Å²) in [4.78, 5) is 4.69. The van der Waals surface area contributed by atoms with Crippen LogP contribution in [0, 0.1) is 0 Å². The second-order valence-corrected chi connectivity index (χ2v) is 5.62. The van der Waals surface area contributed by atoms with Gasteiger partial charge in [-0.1, -0.05) is 17.7 Å². The fourth-order valence-electron chi connectivity index (χ4n) is 1.43. The van der Waals surface area contributed by atoms with Crippen LogP contribution >= 0.6 is 22.9 Å². The van der Waals surface area contributed by atoms with Crippen LogP contribution in [0.5, 0.6) is 5.75 Å². The third-order valence-corrected chi connectivity index (χ3v) is 3.45. The van der Waals surface area contributed by atoms with Crippen LogP contribution in [0.2, 0.25) is 4.47 Å². The third kappa shape index (κ3) is 4.47. The van der Waals surface area contributed by atoms with Crippen LogP contribution in [-0.4, -0.2) is 17.5 Å². The molecule has 1 aromatic carbocycles. The maximum absolute atomic E-state index is 12.8. The van der Waals surface area contributed by atoms with Crippen molar-refractivity contribution in [2.75, 3.05) is 5.32 Å². The van der Waals surface area contributed by atoms with Crippen LogP contribution in [0.25, 0.3) is 0 Å². The second-order valence-electron chi connectivity index (χ2n) is 3.93. The van der Waals surface area contributed by atoms with Crippen molar-refractivity contribution in [3.63, 3.8) is 0 Å². The molecule has 0 unspecified atom stereocenters. The van der Waals surface area contributed by atoms with Crippen molar-refractivity contribution in [1.82, 2.24) is 4.98 Å². The molecule has 1 aromatic heterocycles. The van der Waals surface area contributed by atoms with Crippen LogP contribution in [0.1, 0.15) is 4.88 Å². The molecule has 0 saturated carbocycles. The van der Waals surface area contributed by atoms with E-state index >= 15 is 0 Å². The number of halogens is 5. The summed E-state index contributed by atoms with van der Waals surface area (Å²) >= 11 is 6.94. The zero-order valence-electron chi connectivity index (χ0n) is 10.3. The van der Waals surface area contributed by atoms with Crippen molar-refractivity contribution in [2.45, 2.75) is 19.1 Å². The minimum Gasteiger partial charge on any atom is -0.428 e. The van der Waals surface area contributed by atoms with E-state index in [-0.39, 0.29) is 5.75 Å². The zero-order chi connectivity index (χ0) is 15.5. The lowest BCUT2D eigenvalue weighted by atomic mass is 10.3. The van der Waals surface area contributed by atoms with E-state index in [0.717, 1.165) is 4.88 Å². The number of nitrogens with zero attached hydrogens (tertiary/aromatic N) is 1. The van der Waals surface area contributed by atoms with E-state index < -0.39 is 12.5 Å². The van der Waals surface area contributed by atoms with Crippen LogP contribution in [0.15, 0.2) is 30.5 Å². The fourth-order valence-corrected chi connectivity index (χ4v) is 2.34. The number of nitrogens with one attached hydrogen (secondary N) is 1. The molecule has 0 bridgehead atoms. The van der Waals surface area contributed by atoms with E-state index in [9.17, 15) is 17.6 Å². The Morgan fingerprint density at radius 3 is 2.76 bits per heavy atom. The van der Waals surface area contributed by atoms with Crippen LogP contribution in [0.4, 0.5) is 23.2 Å². The summed E-state index contributed by atoms with van der Waals surface area (Å²) in [6, 6.07) is 5.39. The van der Waals surface area contributed by atoms with Gasteiger partial charge in [-0.2, -0.15) is 17.6 Å². The number of anilines is 1. The highest BCUT2D eigenvalue weighted by molar-refractivity contribution is 7.15. The van der Waals surface area contributed by atoms with Gasteiger partial charge >= 0.3 is 12.5 Å². The van der Waals surface area contributed by atoms with Crippen molar-refractivity contribution in [2.24, 2.45) is 0 Å². The lowest BCUT2D eigenvalue weighted by Gasteiger charge is -2.17. The minimum atomic E-state index is -4.52. The largest absolute Gasteiger partial charge is 0.461 e. The number of alkyl halides is 4. The molecule has 0 fully saturated rings. The highest BCUT2D eigenvalue weighted by Gasteiger charge is 2.43. The van der Waals surface area contributed by atoms with Gasteiger partial charge in [0.2, 0.25) is 0 Å². The molecular weight excluding hydrogens is 332 g/mol. The molecule has 0 atom stereocenters. The topological polar surface area (TPSA) is 34.1 Å². The number of benzene rings is 1. The summed E-state index contributed by atoms with van der Waals surface area (Å²) in [5, 5.41) is 2.93. The second kappa shape index (κ2) is 6.48. The molecule has 21 heavy (non-hydrogen) atoms. The predicted molar refractivity (Wildman–Crippen MR) is 72.5 cm³/mol. The summed E-state index contributed by atoms with van der Waals surface area (Å²) in [7, 11) is 0. The maximum atomic E-state index is 12.8. The Morgan fingerprint density at radius 1 is 1.38 bits per heavy atom. The predicted octanol–water partition coefficient (Wildman–Crippen LogP) is 4.65. The normalized spacial score (nSPS) is 11.7. The molecule has 0 aliphatic carbocycles. The van der Waals surface area contributed by atoms with Crippen molar-refractivity contribution < 1.29 is 22.3 Å². The molecule has 1 heterocycles. The number of hydrogen-bond donors (Lipinski definition) is 1. The highest BCUT2D eigenvalue weighted by Crippen LogP contribution is 2.29. The van der Waals surface area contributed by atoms with Crippen LogP contribution in [0.3, 0.4) is 0 Å². The minimum absolute atomic E-state index is 0.354. The number of aromatic nitrogens is 1. The lowest BCUT2D eigenvalue weighted by molar-refractivity contribution is -0.253. The summed E-state index contributed by atoms with van der Waals surface area (Å²) in [5.41, 5.74) is 0.446. The molecule has 0 amide bonds. The SMILES string of the molecule is FC(F)C(F)(F)Oc1cccc(NCc2cnc(Cl)s2)c1. The van der Waals surface area contributed by atoms with E-state index in [4.69, 9.17) is 11.6 Å². The Kier molecular flexibility index (Phi) is 4.89. The molecular formula is C12H9ClF4N2OS. The number of thiazole rings is 1. The first-order valence-electron chi connectivity index (χ1n) is 5.66. The van der Waals surface area contributed by atoms with E-state index in [0.29, 0.717) is 16.7 Å². The quantitative estimate of drug-likeness (QED) is 0.777. The monoisotopic (exact) mass is 340 g/mol. The van der Waals surface area contributed by atoms with E-state index in [1.165, 1.54) is 29.5 Å². The van der Waals surface area contributed by atoms with Gasteiger partial charge in [0.15, 0.2) is 4.47 Å². The van der Waals surface area contributed by atoms with Gasteiger partial charge in [0.25, 0.3) is 0 Å². The first-order valence-corrected chi connectivity index (χ1v) is 6.85. The molecule has 2 aromatic rings. The standard InChI is InChI=1S/C12H9ClF4N2OS/c13-11-19-6-9(21-11)5-18-7-2-1-3-8(4-7)20-12(16,17)10(14)15/h1-4,6,10,18H,5H2. The van der Waals surface area contributed by atoms with Crippen LogP contribution < -0.4 is 10.1 Å². The average molecular weight is 341 g/mol. The summed E-state index contributed by atoms with van der Waals surface area (Å²) in [6.07, 6.45) is -6.84. The summed E-state index contributed by atoms with van der Waals surface area (Å²) < 4.78 is 54.1. The van der Waals surface area contributed by atoms with Crippen molar-refractivity contribution >= 4 is 28.6 Å². The third-order valence-electron chi connectivity index (χ3n) is 2.33. The molecule has 1 N–H and O–H groups in total. The van der Waals surface area contributed by atoms with Gasteiger partial charge < -0.3 is 10.1 Å². The van der Waals surface area contributed by atoms with Gasteiger partial charge in [-0.05, 0) is 12.1 Å². The maximum Gasteiger partial charge on any atom is 0.461 e. The Labute approximate surface area is 126 Å². The smallest absolute Gasteiger partial charge is 0.428 e. The highest BCUT2D eigenvalue weighted by atomic mass is 35.5. The molecule has 0 aliphatic rings. The number of rotatable bonds is 6. The average Bonchev–Trinajstić information content (AvgIpc) is 2.82. The molecule has 114 valence electrons. The molecule has 9 heteroatoms. The first kappa shape index (κ1) is 15.8. The van der Waals surface area contributed by atoms with Crippen molar-refractivity contribution in [3.05, 3.63) is 39.8 Å². The Hall–Kier alpha value is -1.54. The number of hydrogen-bond acceptors (Lipinski definition) is 4. The van der Waals surface area contributed by atoms with Gasteiger partial charge in [-0.3, -0.25) is 0 Å². The van der Waals surface area contributed by atoms with Gasteiger partial charge in [0, 0.05) is 22.8 Å². The van der Waals surface area contributed by atoms with Gasteiger partial charge in [0.05, 0.1) is 6.54 Å². The molecule has 3 nitrogen and oxygen atoms in total. The molecule has 0 saturated heterocycles. The zero-order valence-corrected chi connectivity index (χ0v) is 11.9. The Bertz CT molecular complexity index is 608. The van der Waals surface area contributed by atoms with Gasteiger partial charge in [0.1, 0.15) is 5.75 Å². The Morgan fingerprint density at radius 2 is 2.14 bits per heavy atom.